The molecule has 5 rings (SSSR count). The van der Waals surface area contributed by atoms with Gasteiger partial charge < -0.3 is 31.1 Å². The third-order valence-corrected chi connectivity index (χ3v) is 6.48. The average Bonchev–Trinajstić information content (AvgIpc) is 3.58. The molecule has 2 aromatic carbocycles. The first-order chi connectivity index (χ1) is 18.7. The number of phenolic OH excluding ortho intramolecular Hbond substituents is 2. The summed E-state index contributed by atoms with van der Waals surface area (Å²) >= 11 is 0. The molecule has 2 aromatic heterocycles. The Bertz CT molecular complexity index is 1530. The highest BCUT2D eigenvalue weighted by atomic mass is 19.1. The van der Waals surface area contributed by atoms with Crippen LogP contribution >= 0.6 is 0 Å². The summed E-state index contributed by atoms with van der Waals surface area (Å²) in [5.41, 5.74) is 12.4. The van der Waals surface area contributed by atoms with E-state index in [2.05, 4.69) is 15.4 Å². The smallest absolute Gasteiger partial charge is 0.290 e. The minimum absolute atomic E-state index is 0.0915. The van der Waals surface area contributed by atoms with Crippen molar-refractivity contribution in [1.29, 1.82) is 0 Å². The van der Waals surface area contributed by atoms with E-state index in [4.69, 9.17) is 20.4 Å². The molecule has 11 heteroatoms. The Kier molecular flexibility index (Phi) is 8.30. The molecular weight excluding hydrogens is 505 g/mol. The Balaban J connectivity index is 0.00000112. The summed E-state index contributed by atoms with van der Waals surface area (Å²) in [5, 5.41) is 34.6. The topological polar surface area (TPSA) is 155 Å². The summed E-state index contributed by atoms with van der Waals surface area (Å²) in [6, 6.07) is 9.75. The zero-order chi connectivity index (χ0) is 28.1. The van der Waals surface area contributed by atoms with Crippen LogP contribution in [0.3, 0.4) is 0 Å². The molecule has 1 atom stereocenters. The lowest BCUT2D eigenvalue weighted by Crippen LogP contribution is -2.24. The number of phenols is 2. The standard InChI is InChI=1S/C27H28FN5O3.CH2O2/c1-3-16-9-19(34)4-5-23(16)32-27(29)21-12-30-33-13-17(20-11-22(28)25(35)8-15(20)2)10-24(33)26(21)31-18-6-7-36-14-18;2-1-3/h4-5,8-13,18,31,34-35H,3,6-7,14H2,1-2H3,(H2,29,32);1H,(H,2,3)/t18-;/m0./s1. The molecule has 0 bridgehead atoms. The number of hydrogen-bond donors (Lipinski definition) is 5. The first-order valence-electron chi connectivity index (χ1n) is 12.3. The number of aryl methyl sites for hydroxylation is 2. The molecular formula is C28H30FN5O5. The fourth-order valence-corrected chi connectivity index (χ4v) is 4.53. The van der Waals surface area contributed by atoms with Gasteiger partial charge in [0, 0.05) is 18.4 Å². The van der Waals surface area contributed by atoms with Crippen LogP contribution in [0.4, 0.5) is 15.8 Å². The van der Waals surface area contributed by atoms with E-state index in [1.807, 2.05) is 26.1 Å². The van der Waals surface area contributed by atoms with Crippen LogP contribution in [0.15, 0.2) is 53.8 Å². The number of anilines is 1. The van der Waals surface area contributed by atoms with Crippen LogP contribution in [0, 0.1) is 12.7 Å². The van der Waals surface area contributed by atoms with Crippen molar-refractivity contribution in [2.24, 2.45) is 10.7 Å². The van der Waals surface area contributed by atoms with Gasteiger partial charge in [-0.15, -0.1) is 0 Å². The number of halogens is 1. The van der Waals surface area contributed by atoms with Crippen LogP contribution in [0.2, 0.25) is 0 Å². The van der Waals surface area contributed by atoms with Crippen molar-refractivity contribution in [1.82, 2.24) is 9.61 Å². The summed E-state index contributed by atoms with van der Waals surface area (Å²) in [6.07, 6.45) is 5.01. The van der Waals surface area contributed by atoms with Gasteiger partial charge in [0.2, 0.25) is 0 Å². The number of rotatable bonds is 6. The highest BCUT2D eigenvalue weighted by Gasteiger charge is 2.22. The second kappa shape index (κ2) is 11.8. The van der Waals surface area contributed by atoms with Crippen molar-refractivity contribution in [3.8, 4) is 22.6 Å². The minimum atomic E-state index is -0.682. The Labute approximate surface area is 224 Å². The fourth-order valence-electron chi connectivity index (χ4n) is 4.53. The molecule has 1 aliphatic rings. The number of benzene rings is 2. The molecule has 204 valence electrons. The van der Waals surface area contributed by atoms with Crippen LogP contribution in [-0.2, 0) is 16.0 Å². The Morgan fingerprint density at radius 1 is 1.31 bits per heavy atom. The zero-order valence-corrected chi connectivity index (χ0v) is 21.6. The van der Waals surface area contributed by atoms with Crippen LogP contribution in [0.5, 0.6) is 11.5 Å². The summed E-state index contributed by atoms with van der Waals surface area (Å²) < 4.78 is 21.4. The van der Waals surface area contributed by atoms with Gasteiger partial charge in [-0.2, -0.15) is 5.10 Å². The molecule has 3 heterocycles. The van der Waals surface area contributed by atoms with E-state index in [0.29, 0.717) is 36.4 Å². The number of carboxylic acid groups (broad SMARTS) is 1. The molecule has 1 fully saturated rings. The van der Waals surface area contributed by atoms with Crippen molar-refractivity contribution < 1.29 is 29.2 Å². The molecule has 39 heavy (non-hydrogen) atoms. The number of hydrogen-bond acceptors (Lipinski definition) is 7. The maximum Gasteiger partial charge on any atom is 0.290 e. The molecule has 0 spiro atoms. The highest BCUT2D eigenvalue weighted by molar-refractivity contribution is 6.06. The molecule has 1 saturated heterocycles. The summed E-state index contributed by atoms with van der Waals surface area (Å²) in [6.45, 7) is 4.79. The van der Waals surface area contributed by atoms with Gasteiger partial charge in [-0.05, 0) is 72.9 Å². The Hall–Kier alpha value is -4.64. The largest absolute Gasteiger partial charge is 0.508 e. The lowest BCUT2D eigenvalue weighted by molar-refractivity contribution is -0.122. The van der Waals surface area contributed by atoms with Gasteiger partial charge in [0.1, 0.15) is 11.6 Å². The molecule has 0 radical (unpaired) electrons. The number of nitrogens with two attached hydrogens (primary N) is 1. The van der Waals surface area contributed by atoms with E-state index in [9.17, 15) is 14.6 Å². The van der Waals surface area contributed by atoms with E-state index in [1.165, 1.54) is 12.1 Å². The Morgan fingerprint density at radius 2 is 2.08 bits per heavy atom. The summed E-state index contributed by atoms with van der Waals surface area (Å²) in [4.78, 5) is 13.0. The van der Waals surface area contributed by atoms with Crippen LogP contribution < -0.4 is 11.1 Å². The molecule has 4 aromatic rings. The number of amidine groups is 1. The fraction of sp³-hybridized carbons (Fsp3) is 0.250. The monoisotopic (exact) mass is 535 g/mol. The number of aromatic nitrogens is 2. The van der Waals surface area contributed by atoms with E-state index in [0.717, 1.165) is 34.3 Å². The zero-order valence-electron chi connectivity index (χ0n) is 21.6. The number of nitrogens with zero attached hydrogens (tertiary/aromatic N) is 3. The molecule has 10 nitrogen and oxygen atoms in total. The van der Waals surface area contributed by atoms with Crippen LogP contribution in [0.1, 0.15) is 30.0 Å². The van der Waals surface area contributed by atoms with Gasteiger partial charge in [-0.25, -0.2) is 13.9 Å². The lowest BCUT2D eigenvalue weighted by atomic mass is 10.0. The number of fused-ring (bicyclic) bond motifs is 1. The van der Waals surface area contributed by atoms with Crippen molar-refractivity contribution in [2.45, 2.75) is 32.7 Å². The lowest BCUT2D eigenvalue weighted by Gasteiger charge is -2.17. The predicted molar refractivity (Wildman–Crippen MR) is 146 cm³/mol. The number of ether oxygens (including phenoxy) is 1. The van der Waals surface area contributed by atoms with Gasteiger partial charge in [0.25, 0.3) is 6.47 Å². The molecule has 0 unspecified atom stereocenters. The van der Waals surface area contributed by atoms with Gasteiger partial charge in [-0.3, -0.25) is 4.79 Å². The molecule has 0 saturated carbocycles. The molecule has 1 aliphatic heterocycles. The SMILES string of the molecule is CCc1cc(O)ccc1N=C(N)c1cnn2cc(-c3cc(F)c(O)cc3C)cc2c1N[C@H]1CCOC1.O=CO. The maximum absolute atomic E-state index is 14.2. The van der Waals surface area contributed by atoms with Crippen LogP contribution in [-0.4, -0.2) is 56.5 Å². The van der Waals surface area contributed by atoms with Crippen molar-refractivity contribution in [3.63, 3.8) is 0 Å². The highest BCUT2D eigenvalue weighted by Crippen LogP contribution is 2.34. The summed E-state index contributed by atoms with van der Waals surface area (Å²) in [7, 11) is 0. The second-order valence-electron chi connectivity index (χ2n) is 9.08. The second-order valence-corrected chi connectivity index (χ2v) is 9.08. The molecule has 6 N–H and O–H groups in total. The third kappa shape index (κ3) is 5.93. The summed E-state index contributed by atoms with van der Waals surface area (Å²) in [5.74, 6) is -0.606. The Morgan fingerprint density at radius 3 is 2.77 bits per heavy atom. The predicted octanol–water partition coefficient (Wildman–Crippen LogP) is 4.36. The average molecular weight is 536 g/mol. The van der Waals surface area contributed by atoms with Crippen molar-refractivity contribution in [2.75, 3.05) is 18.5 Å². The van der Waals surface area contributed by atoms with Gasteiger partial charge in [-0.1, -0.05) is 6.92 Å². The normalized spacial score (nSPS) is 15.2. The first-order valence-corrected chi connectivity index (χ1v) is 12.3. The van der Waals surface area contributed by atoms with Crippen molar-refractivity contribution >= 4 is 29.2 Å². The first kappa shape index (κ1) is 27.4. The number of aromatic hydroxyl groups is 2. The van der Waals surface area contributed by atoms with Crippen molar-refractivity contribution in [3.05, 3.63) is 71.3 Å². The van der Waals surface area contributed by atoms with Gasteiger partial charge in [0.05, 0.1) is 41.3 Å². The third-order valence-electron chi connectivity index (χ3n) is 6.48. The van der Waals surface area contributed by atoms with E-state index in [1.54, 1.807) is 28.9 Å². The maximum atomic E-state index is 14.2. The van der Waals surface area contributed by atoms with E-state index in [-0.39, 0.29) is 29.8 Å². The van der Waals surface area contributed by atoms with Crippen LogP contribution in [0.25, 0.3) is 16.6 Å². The van der Waals surface area contributed by atoms with E-state index >= 15 is 0 Å². The van der Waals surface area contributed by atoms with E-state index < -0.39 is 5.82 Å². The quantitative estimate of drug-likeness (QED) is 0.139. The minimum Gasteiger partial charge on any atom is -0.508 e. The molecule has 0 aliphatic carbocycles. The van der Waals surface area contributed by atoms with Gasteiger partial charge in [0.15, 0.2) is 11.6 Å². The molecule has 0 amide bonds. The number of nitrogens with one attached hydrogen (secondary N) is 1. The number of carbonyl (C=O) groups is 1. The van der Waals surface area contributed by atoms with Gasteiger partial charge >= 0.3 is 0 Å². The number of aliphatic imine (C=N–C) groups is 1.